The maximum atomic E-state index is 12.3. The monoisotopic (exact) mass is 559 g/mol. The van der Waals surface area contributed by atoms with Gasteiger partial charge in [0.2, 0.25) is 0 Å². The quantitative estimate of drug-likeness (QED) is 0.0760. The molecule has 1 N–H and O–H groups in total. The lowest BCUT2D eigenvalue weighted by atomic mass is 9.96. The number of ketones is 1. The fourth-order valence-corrected chi connectivity index (χ4v) is 6.33. The van der Waals surface area contributed by atoms with E-state index in [2.05, 4.69) is 11.8 Å². The highest BCUT2D eigenvalue weighted by molar-refractivity contribution is 7.47. The first-order valence-corrected chi connectivity index (χ1v) is 17.8. The molecule has 0 saturated carbocycles. The molecule has 7 heteroatoms. The van der Waals surface area contributed by atoms with Crippen LogP contribution in [0.2, 0.25) is 0 Å². The molecule has 2 atom stereocenters. The van der Waals surface area contributed by atoms with Gasteiger partial charge in [0.1, 0.15) is 5.78 Å². The summed E-state index contributed by atoms with van der Waals surface area (Å²) >= 11 is 0. The molecule has 2 unspecified atom stereocenters. The number of hydrogen-bond acceptors (Lipinski definition) is 5. The predicted octanol–water partition coefficient (Wildman–Crippen LogP) is 9.24. The molecule has 0 aromatic heterocycles. The van der Waals surface area contributed by atoms with Crippen molar-refractivity contribution in [3.63, 3.8) is 0 Å². The van der Waals surface area contributed by atoms with Crippen LogP contribution in [0.15, 0.2) is 0 Å². The summed E-state index contributed by atoms with van der Waals surface area (Å²) in [7, 11) is -4.06. The molecular weight excluding hydrogens is 497 g/mol. The molecule has 0 aromatic rings. The van der Waals surface area contributed by atoms with E-state index in [1.807, 2.05) is 0 Å². The molecule has 0 aliphatic carbocycles. The number of phosphoric acid groups is 1. The topological polar surface area (TPSA) is 76.1 Å². The average Bonchev–Trinajstić information content (AvgIpc) is 3.40. The van der Waals surface area contributed by atoms with Gasteiger partial charge in [-0.1, -0.05) is 110 Å². The van der Waals surface area contributed by atoms with Gasteiger partial charge in [-0.2, -0.15) is 0 Å². The predicted molar refractivity (Wildman–Crippen MR) is 160 cm³/mol. The SMILES string of the molecule is CCCCCCCCCCCCCCCCCCC(COP(=O)(O)OCCCCN1CCCC1)CC(C)=O. The van der Waals surface area contributed by atoms with Crippen molar-refractivity contribution in [1.82, 2.24) is 4.90 Å². The second-order valence-corrected chi connectivity index (χ2v) is 13.2. The minimum atomic E-state index is -4.06. The van der Waals surface area contributed by atoms with E-state index in [9.17, 15) is 14.3 Å². The Morgan fingerprint density at radius 2 is 1.26 bits per heavy atom. The summed E-state index contributed by atoms with van der Waals surface area (Å²) < 4.78 is 22.7. The smallest absolute Gasteiger partial charge is 0.303 e. The fraction of sp³-hybridized carbons (Fsp3) is 0.968. The minimum Gasteiger partial charge on any atom is -0.303 e. The van der Waals surface area contributed by atoms with Crippen LogP contribution in [0.5, 0.6) is 0 Å². The summed E-state index contributed by atoms with van der Waals surface area (Å²) in [5.41, 5.74) is 0. The van der Waals surface area contributed by atoms with Crippen molar-refractivity contribution >= 4 is 13.6 Å². The summed E-state index contributed by atoms with van der Waals surface area (Å²) in [6.07, 6.45) is 26.9. The van der Waals surface area contributed by atoms with Crippen LogP contribution < -0.4 is 0 Å². The molecule has 6 nitrogen and oxygen atoms in total. The maximum absolute atomic E-state index is 12.3. The Kier molecular flexibility index (Phi) is 23.1. The molecule has 0 radical (unpaired) electrons. The molecule has 0 aromatic carbocycles. The first-order valence-electron chi connectivity index (χ1n) is 16.3. The van der Waals surface area contributed by atoms with E-state index in [-0.39, 0.29) is 24.9 Å². The van der Waals surface area contributed by atoms with Crippen LogP contribution in [0.3, 0.4) is 0 Å². The highest BCUT2D eigenvalue weighted by atomic mass is 31.2. The number of unbranched alkanes of at least 4 members (excludes halogenated alkanes) is 16. The number of Topliss-reactive ketones (excluding diaryl/α,β-unsaturated/α-hetero) is 1. The largest absolute Gasteiger partial charge is 0.472 e. The number of phosphoric ester groups is 1. The van der Waals surface area contributed by atoms with Crippen LogP contribution in [-0.2, 0) is 18.4 Å². The molecule has 38 heavy (non-hydrogen) atoms. The van der Waals surface area contributed by atoms with Crippen LogP contribution in [0.25, 0.3) is 0 Å². The third-order valence-corrected chi connectivity index (χ3v) is 8.82. The third-order valence-electron chi connectivity index (χ3n) is 7.84. The van der Waals surface area contributed by atoms with Gasteiger partial charge in [0.05, 0.1) is 13.2 Å². The first kappa shape index (κ1) is 35.8. The van der Waals surface area contributed by atoms with Crippen LogP contribution in [0.4, 0.5) is 0 Å². The molecule has 1 aliphatic rings. The lowest BCUT2D eigenvalue weighted by Crippen LogP contribution is -2.20. The maximum Gasteiger partial charge on any atom is 0.472 e. The van der Waals surface area contributed by atoms with Gasteiger partial charge in [-0.05, 0) is 64.6 Å². The summed E-state index contributed by atoms with van der Waals surface area (Å²) in [5, 5.41) is 0. The zero-order chi connectivity index (χ0) is 27.7. The van der Waals surface area contributed by atoms with Crippen molar-refractivity contribution in [2.45, 2.75) is 155 Å². The molecule has 1 aliphatic heterocycles. The van der Waals surface area contributed by atoms with E-state index < -0.39 is 7.82 Å². The van der Waals surface area contributed by atoms with Crippen molar-refractivity contribution in [3.05, 3.63) is 0 Å². The Bertz CT molecular complexity index is 597. The van der Waals surface area contributed by atoms with E-state index >= 15 is 0 Å². The Morgan fingerprint density at radius 1 is 0.763 bits per heavy atom. The lowest BCUT2D eigenvalue weighted by Gasteiger charge is -2.18. The van der Waals surface area contributed by atoms with Gasteiger partial charge >= 0.3 is 7.82 Å². The minimum absolute atomic E-state index is 0.0154. The van der Waals surface area contributed by atoms with Gasteiger partial charge in [0.25, 0.3) is 0 Å². The normalized spacial score (nSPS) is 16.6. The van der Waals surface area contributed by atoms with Gasteiger partial charge in [-0.3, -0.25) is 9.05 Å². The van der Waals surface area contributed by atoms with E-state index in [4.69, 9.17) is 9.05 Å². The summed E-state index contributed by atoms with van der Waals surface area (Å²) in [5.74, 6) is 0.0871. The van der Waals surface area contributed by atoms with Gasteiger partial charge < -0.3 is 14.6 Å². The lowest BCUT2D eigenvalue weighted by molar-refractivity contribution is -0.118. The van der Waals surface area contributed by atoms with Crippen molar-refractivity contribution in [3.8, 4) is 0 Å². The third kappa shape index (κ3) is 22.5. The van der Waals surface area contributed by atoms with E-state index in [0.717, 1.165) is 38.6 Å². The number of rotatable bonds is 28. The van der Waals surface area contributed by atoms with Crippen LogP contribution in [0, 0.1) is 5.92 Å². The molecule has 226 valence electrons. The highest BCUT2D eigenvalue weighted by Gasteiger charge is 2.24. The van der Waals surface area contributed by atoms with Crippen LogP contribution >= 0.6 is 7.82 Å². The molecule has 1 rings (SSSR count). The Labute approximate surface area is 235 Å². The van der Waals surface area contributed by atoms with Crippen molar-refractivity contribution in [2.75, 3.05) is 32.8 Å². The van der Waals surface area contributed by atoms with Crippen molar-refractivity contribution < 1.29 is 23.3 Å². The zero-order valence-corrected chi connectivity index (χ0v) is 26.0. The number of carbonyl (C=O) groups excluding carboxylic acids is 1. The molecule has 0 spiro atoms. The molecule has 0 amide bonds. The number of carbonyl (C=O) groups is 1. The van der Waals surface area contributed by atoms with Gasteiger partial charge in [-0.25, -0.2) is 4.57 Å². The number of hydrogen-bond donors (Lipinski definition) is 1. The average molecular weight is 560 g/mol. The second kappa shape index (κ2) is 24.5. The van der Waals surface area contributed by atoms with Crippen LogP contribution in [-0.4, -0.2) is 48.4 Å². The molecule has 0 bridgehead atoms. The van der Waals surface area contributed by atoms with E-state index in [1.165, 1.54) is 116 Å². The summed E-state index contributed by atoms with van der Waals surface area (Å²) in [4.78, 5) is 24.1. The van der Waals surface area contributed by atoms with Crippen molar-refractivity contribution in [1.29, 1.82) is 0 Å². The first-order chi connectivity index (χ1) is 18.4. The Balaban J connectivity index is 2.00. The summed E-state index contributed by atoms with van der Waals surface area (Å²) in [6.45, 7) is 7.56. The number of likely N-dealkylation sites (tertiary alicyclic amines) is 1. The van der Waals surface area contributed by atoms with Gasteiger partial charge in [-0.15, -0.1) is 0 Å². The second-order valence-electron chi connectivity index (χ2n) is 11.7. The number of nitrogens with zero attached hydrogens (tertiary/aromatic N) is 1. The zero-order valence-electron chi connectivity index (χ0n) is 25.1. The fourth-order valence-electron chi connectivity index (χ4n) is 5.49. The van der Waals surface area contributed by atoms with Crippen molar-refractivity contribution in [2.24, 2.45) is 5.92 Å². The molecular formula is C31H62NO5P. The Hall–Kier alpha value is -0.260. The van der Waals surface area contributed by atoms with E-state index in [0.29, 0.717) is 6.42 Å². The van der Waals surface area contributed by atoms with Gasteiger partial charge in [0.15, 0.2) is 0 Å². The summed E-state index contributed by atoms with van der Waals surface area (Å²) in [6, 6.07) is 0. The van der Waals surface area contributed by atoms with Crippen LogP contribution in [0.1, 0.15) is 155 Å². The van der Waals surface area contributed by atoms with Gasteiger partial charge in [0, 0.05) is 6.42 Å². The molecule has 1 heterocycles. The Morgan fingerprint density at radius 3 is 1.76 bits per heavy atom. The molecule has 1 fully saturated rings. The standard InChI is InChI=1S/C31H62NO5P/c1-3-4-5-6-7-8-9-10-11-12-13-14-15-16-17-18-23-31(28-30(2)33)29-37-38(34,35)36-27-22-21-26-32-24-19-20-25-32/h31H,3-29H2,1-2H3,(H,34,35). The molecule has 1 saturated heterocycles. The van der Waals surface area contributed by atoms with E-state index in [1.54, 1.807) is 6.92 Å². The highest BCUT2D eigenvalue weighted by Crippen LogP contribution is 2.44.